The zero-order chi connectivity index (χ0) is 20.4. The molecule has 0 amide bonds. The smallest absolute Gasteiger partial charge is 0.211 e. The predicted octanol–water partition coefficient (Wildman–Crippen LogP) is 3.53. The molecule has 0 atom stereocenters. The van der Waals surface area contributed by atoms with Crippen molar-refractivity contribution >= 4 is 56.4 Å². The normalized spacial score (nSPS) is 12.4. The molecule has 5 N–H and O–H groups in total. The summed E-state index contributed by atoms with van der Waals surface area (Å²) in [6.45, 7) is 6.75. The minimum atomic E-state index is -0.0848. The van der Waals surface area contributed by atoms with Crippen molar-refractivity contribution < 1.29 is 5.11 Å². The van der Waals surface area contributed by atoms with Crippen LogP contribution in [0.2, 0.25) is 0 Å². The number of nitrogens with zero attached hydrogens (tertiary/aromatic N) is 4. The van der Waals surface area contributed by atoms with Crippen molar-refractivity contribution in [2.24, 2.45) is 33.7 Å². The molecule has 29 heavy (non-hydrogen) atoms. The number of phenolic OH excluding ortho intramolecular Hbond substituents is 1. The van der Waals surface area contributed by atoms with Crippen LogP contribution >= 0.6 is 23.7 Å². The van der Waals surface area contributed by atoms with Gasteiger partial charge in [-0.2, -0.15) is 5.10 Å². The number of thiazole rings is 1. The van der Waals surface area contributed by atoms with Gasteiger partial charge in [0.1, 0.15) is 5.75 Å². The Labute approximate surface area is 179 Å². The minimum absolute atomic E-state index is 0. The first-order chi connectivity index (χ1) is 13.3. The van der Waals surface area contributed by atoms with Gasteiger partial charge in [-0.05, 0) is 38.0 Å². The molecule has 9 heteroatoms. The molecular formula is C20H27ClN6OS. The molecule has 0 aliphatic carbocycles. The molecule has 0 fully saturated rings. The highest BCUT2D eigenvalue weighted by atomic mass is 35.5. The maximum Gasteiger partial charge on any atom is 0.211 e. The molecule has 1 heterocycles. The third-order valence-corrected chi connectivity index (χ3v) is 6.04. The molecule has 7 nitrogen and oxygen atoms in total. The van der Waals surface area contributed by atoms with Crippen LogP contribution in [0.3, 0.4) is 0 Å². The van der Waals surface area contributed by atoms with E-state index in [1.165, 1.54) is 0 Å². The van der Waals surface area contributed by atoms with E-state index in [2.05, 4.69) is 21.7 Å². The number of fused-ring (bicyclic) bond motifs is 3. The topological polar surface area (TPSA) is 114 Å². The lowest BCUT2D eigenvalue weighted by Gasteiger charge is -2.10. The lowest BCUT2D eigenvalue weighted by Crippen LogP contribution is -2.22. The molecular weight excluding hydrogens is 408 g/mol. The summed E-state index contributed by atoms with van der Waals surface area (Å²) in [5.74, 6) is 0.216. The van der Waals surface area contributed by atoms with E-state index in [-0.39, 0.29) is 18.4 Å². The standard InChI is InChI=1S/C20H26N6OS.ClH/c1-5-6-9-23-20-26(4)16-15-10-13(12(3)24-25-19(21)22)7-8-14(15)17(27)11(2)18(16)28-20;/h7-8,10,27H,5-6,9H2,1-4H3,(H4,21,22,25);1H. The first-order valence-electron chi connectivity index (χ1n) is 9.24. The predicted molar refractivity (Wildman–Crippen MR) is 125 cm³/mol. The van der Waals surface area contributed by atoms with Gasteiger partial charge in [-0.1, -0.05) is 30.7 Å². The van der Waals surface area contributed by atoms with Crippen molar-refractivity contribution in [3.05, 3.63) is 34.1 Å². The molecule has 156 valence electrons. The second kappa shape index (κ2) is 9.28. The van der Waals surface area contributed by atoms with Crippen molar-refractivity contribution in [2.45, 2.75) is 33.6 Å². The number of rotatable bonds is 5. The van der Waals surface area contributed by atoms with Crippen molar-refractivity contribution in [1.29, 1.82) is 0 Å². The number of aryl methyl sites for hydroxylation is 2. The maximum absolute atomic E-state index is 10.8. The summed E-state index contributed by atoms with van der Waals surface area (Å²) in [6, 6.07) is 5.83. The highest BCUT2D eigenvalue weighted by Crippen LogP contribution is 2.38. The lowest BCUT2D eigenvalue weighted by molar-refractivity contribution is 0.478. The third-order valence-electron chi connectivity index (χ3n) is 4.75. The Bertz CT molecular complexity index is 1170. The van der Waals surface area contributed by atoms with Gasteiger partial charge < -0.3 is 21.1 Å². The van der Waals surface area contributed by atoms with Crippen LogP contribution in [-0.2, 0) is 7.05 Å². The van der Waals surface area contributed by atoms with Crippen LogP contribution in [0.15, 0.2) is 33.4 Å². The molecule has 0 spiro atoms. The molecule has 0 aliphatic rings. The fourth-order valence-electron chi connectivity index (χ4n) is 3.16. The van der Waals surface area contributed by atoms with Gasteiger partial charge in [0.15, 0.2) is 4.80 Å². The highest BCUT2D eigenvalue weighted by Gasteiger charge is 2.16. The summed E-state index contributed by atoms with van der Waals surface area (Å²) in [4.78, 5) is 5.70. The molecule has 0 saturated heterocycles. The van der Waals surface area contributed by atoms with E-state index >= 15 is 0 Å². The summed E-state index contributed by atoms with van der Waals surface area (Å²) in [5, 5.41) is 20.3. The summed E-state index contributed by atoms with van der Waals surface area (Å²) in [7, 11) is 2.02. The van der Waals surface area contributed by atoms with Crippen LogP contribution < -0.4 is 16.3 Å². The number of hydrogen-bond acceptors (Lipinski definition) is 5. The van der Waals surface area contributed by atoms with Crippen LogP contribution in [0, 0.1) is 6.92 Å². The quantitative estimate of drug-likeness (QED) is 0.247. The largest absolute Gasteiger partial charge is 0.507 e. The number of unbranched alkanes of at least 4 members (excludes halogenated alkanes) is 1. The zero-order valence-electron chi connectivity index (χ0n) is 17.1. The van der Waals surface area contributed by atoms with Gasteiger partial charge in [-0.25, -0.2) is 0 Å². The van der Waals surface area contributed by atoms with Gasteiger partial charge in [0, 0.05) is 29.9 Å². The third kappa shape index (κ3) is 4.38. The minimum Gasteiger partial charge on any atom is -0.507 e. The monoisotopic (exact) mass is 434 g/mol. The first-order valence-corrected chi connectivity index (χ1v) is 10.1. The second-order valence-electron chi connectivity index (χ2n) is 6.80. The number of aromatic nitrogens is 1. The number of benzene rings is 2. The van der Waals surface area contributed by atoms with Gasteiger partial charge in [0.05, 0.1) is 15.9 Å². The lowest BCUT2D eigenvalue weighted by atomic mass is 10.0. The summed E-state index contributed by atoms with van der Waals surface area (Å²) in [6.07, 6.45) is 2.17. The Hall–Kier alpha value is -2.58. The van der Waals surface area contributed by atoms with E-state index in [0.29, 0.717) is 11.5 Å². The highest BCUT2D eigenvalue weighted by molar-refractivity contribution is 7.16. The van der Waals surface area contributed by atoms with Crippen molar-refractivity contribution in [2.75, 3.05) is 6.54 Å². The molecule has 3 rings (SSSR count). The Balaban J connectivity index is 0.00000300. The van der Waals surface area contributed by atoms with Crippen LogP contribution in [0.4, 0.5) is 0 Å². The Kier molecular flexibility index (Phi) is 7.26. The fourth-order valence-corrected chi connectivity index (χ4v) is 4.32. The van der Waals surface area contributed by atoms with Crippen LogP contribution in [0.1, 0.15) is 37.8 Å². The average Bonchev–Trinajstić information content (AvgIpc) is 3.00. The van der Waals surface area contributed by atoms with Gasteiger partial charge in [0.2, 0.25) is 5.96 Å². The number of halogens is 1. The zero-order valence-corrected chi connectivity index (χ0v) is 18.7. The number of aromatic hydroxyl groups is 1. The van der Waals surface area contributed by atoms with E-state index in [0.717, 1.165) is 56.3 Å². The molecule has 3 aromatic rings. The molecule has 1 aromatic heterocycles. The molecule has 2 aromatic carbocycles. The van der Waals surface area contributed by atoms with E-state index in [1.54, 1.807) is 11.3 Å². The van der Waals surface area contributed by atoms with Crippen molar-refractivity contribution in [1.82, 2.24) is 4.57 Å². The average molecular weight is 435 g/mol. The van der Waals surface area contributed by atoms with E-state index in [4.69, 9.17) is 16.5 Å². The second-order valence-corrected chi connectivity index (χ2v) is 7.78. The van der Waals surface area contributed by atoms with Crippen LogP contribution in [-0.4, -0.2) is 27.9 Å². The first kappa shape index (κ1) is 22.7. The summed E-state index contributed by atoms with van der Waals surface area (Å²) < 4.78 is 3.15. The molecule has 0 aliphatic heterocycles. The van der Waals surface area contributed by atoms with E-state index in [1.807, 2.05) is 39.1 Å². The Morgan fingerprint density at radius 1 is 1.21 bits per heavy atom. The Morgan fingerprint density at radius 3 is 2.59 bits per heavy atom. The van der Waals surface area contributed by atoms with Crippen molar-refractivity contribution in [3.63, 3.8) is 0 Å². The Morgan fingerprint density at radius 2 is 1.93 bits per heavy atom. The van der Waals surface area contributed by atoms with Gasteiger partial charge in [-0.3, -0.25) is 4.99 Å². The number of hydrogen-bond donors (Lipinski definition) is 3. The van der Waals surface area contributed by atoms with E-state index in [9.17, 15) is 5.11 Å². The van der Waals surface area contributed by atoms with Crippen molar-refractivity contribution in [3.8, 4) is 5.75 Å². The summed E-state index contributed by atoms with van der Waals surface area (Å²) in [5.41, 5.74) is 14.2. The van der Waals surface area contributed by atoms with Crippen LogP contribution in [0.5, 0.6) is 5.75 Å². The number of phenols is 1. The van der Waals surface area contributed by atoms with Crippen LogP contribution in [0.25, 0.3) is 21.0 Å². The van der Waals surface area contributed by atoms with E-state index < -0.39 is 0 Å². The van der Waals surface area contributed by atoms with Gasteiger partial charge in [0.25, 0.3) is 0 Å². The number of guanidine groups is 1. The fraction of sp³-hybridized carbons (Fsp3) is 0.350. The summed E-state index contributed by atoms with van der Waals surface area (Å²) >= 11 is 1.61. The van der Waals surface area contributed by atoms with Gasteiger partial charge in [-0.15, -0.1) is 17.5 Å². The number of nitrogens with two attached hydrogens (primary N) is 2. The molecule has 0 bridgehead atoms. The van der Waals surface area contributed by atoms with Gasteiger partial charge >= 0.3 is 0 Å². The molecule has 0 unspecified atom stereocenters. The molecule has 0 radical (unpaired) electrons. The molecule has 0 saturated carbocycles. The maximum atomic E-state index is 10.8. The SMILES string of the molecule is CCCCN=c1sc2c(C)c(O)c3ccc(C(C)=NN=C(N)N)cc3c2n1C.Cl.